The number of benzene rings is 1. The molecule has 2 amide bonds. The Labute approximate surface area is 181 Å². The van der Waals surface area contributed by atoms with Crippen molar-refractivity contribution < 1.29 is 22.7 Å². The molecule has 0 aliphatic carbocycles. The van der Waals surface area contributed by atoms with E-state index in [1.807, 2.05) is 6.20 Å². The zero-order valence-corrected chi connectivity index (χ0v) is 18.5. The summed E-state index contributed by atoms with van der Waals surface area (Å²) in [5.74, 6) is -1.18. The fourth-order valence-corrected chi connectivity index (χ4v) is 5.23. The third-order valence-corrected chi connectivity index (χ3v) is 7.56. The average molecular weight is 447 g/mol. The molecule has 3 heterocycles. The number of aromatic nitrogens is 2. The highest BCUT2D eigenvalue weighted by Gasteiger charge is 2.38. The van der Waals surface area contributed by atoms with Crippen molar-refractivity contribution in [1.29, 1.82) is 0 Å². The van der Waals surface area contributed by atoms with Crippen molar-refractivity contribution in [2.45, 2.75) is 24.3 Å². The minimum Gasteiger partial charge on any atom is -0.378 e. The third kappa shape index (κ3) is 4.09. The smallest absolute Gasteiger partial charge is 0.255 e. The van der Waals surface area contributed by atoms with Crippen LogP contribution in [-0.2, 0) is 33.0 Å². The minimum absolute atomic E-state index is 0.0236. The normalized spacial score (nSPS) is 19.2. The maximum atomic E-state index is 13.4. The van der Waals surface area contributed by atoms with E-state index in [1.165, 1.54) is 12.1 Å². The highest BCUT2D eigenvalue weighted by atomic mass is 32.2. The molecule has 2 aromatic rings. The number of amides is 2. The molecule has 0 saturated carbocycles. The summed E-state index contributed by atoms with van der Waals surface area (Å²) in [5.41, 5.74) is 1.61. The molecule has 1 fully saturated rings. The molecule has 0 unspecified atom stereocenters. The number of carbonyl (C=O) groups is 2. The predicted molar refractivity (Wildman–Crippen MR) is 112 cm³/mol. The van der Waals surface area contributed by atoms with Crippen LogP contribution < -0.4 is 0 Å². The van der Waals surface area contributed by atoms with E-state index < -0.39 is 21.7 Å². The quantitative estimate of drug-likeness (QED) is 0.689. The van der Waals surface area contributed by atoms with Gasteiger partial charge in [0, 0.05) is 45.0 Å². The van der Waals surface area contributed by atoms with Gasteiger partial charge < -0.3 is 14.5 Å². The summed E-state index contributed by atoms with van der Waals surface area (Å²) in [5, 5.41) is 4.49. The first-order valence-electron chi connectivity index (χ1n) is 10.3. The van der Waals surface area contributed by atoms with Crippen LogP contribution in [0.4, 0.5) is 0 Å². The van der Waals surface area contributed by atoms with Gasteiger partial charge in [-0.2, -0.15) is 5.10 Å². The molecule has 166 valence electrons. The van der Waals surface area contributed by atoms with Gasteiger partial charge in [0.1, 0.15) is 5.92 Å². The number of nitrogens with zero attached hydrogens (tertiary/aromatic N) is 4. The number of sulfone groups is 1. The van der Waals surface area contributed by atoms with Crippen LogP contribution in [0.2, 0.25) is 0 Å². The van der Waals surface area contributed by atoms with Crippen molar-refractivity contribution in [1.82, 2.24) is 19.6 Å². The number of rotatable bonds is 4. The molecule has 31 heavy (non-hydrogen) atoms. The molecule has 0 N–H and O–H groups in total. The number of hydrogen-bond donors (Lipinski definition) is 0. The van der Waals surface area contributed by atoms with E-state index in [1.54, 1.807) is 40.6 Å². The van der Waals surface area contributed by atoms with E-state index in [9.17, 15) is 18.0 Å². The second-order valence-electron chi connectivity index (χ2n) is 7.79. The van der Waals surface area contributed by atoms with Gasteiger partial charge in [0.25, 0.3) is 5.91 Å². The Kier molecular flexibility index (Phi) is 5.85. The Morgan fingerprint density at radius 2 is 1.87 bits per heavy atom. The number of aryl methyl sites for hydroxylation is 1. The largest absolute Gasteiger partial charge is 0.378 e. The second-order valence-corrected chi connectivity index (χ2v) is 10.0. The first-order valence-corrected chi connectivity index (χ1v) is 12.0. The Hall–Kier alpha value is -2.72. The summed E-state index contributed by atoms with van der Waals surface area (Å²) in [7, 11) is -1.79. The standard InChI is InChI=1S/C21H26N4O5S/c1-3-31(28,29)18-7-5-4-6-16(18)20(26)25-13-15-12-23(2)22-19(15)17(14-25)21(27)24-8-10-30-11-9-24/h4-7,12,17H,3,8-11,13-14H2,1-2H3/t17-/m1/s1. The van der Waals surface area contributed by atoms with Gasteiger partial charge >= 0.3 is 0 Å². The van der Waals surface area contributed by atoms with Gasteiger partial charge in [-0.25, -0.2) is 8.42 Å². The Balaban J connectivity index is 1.68. The molecule has 2 aliphatic rings. The van der Waals surface area contributed by atoms with Crippen molar-refractivity contribution in [3.63, 3.8) is 0 Å². The van der Waals surface area contributed by atoms with Gasteiger partial charge in [-0.1, -0.05) is 19.1 Å². The minimum atomic E-state index is -3.57. The molecule has 0 radical (unpaired) electrons. The lowest BCUT2D eigenvalue weighted by atomic mass is 9.94. The van der Waals surface area contributed by atoms with E-state index in [-0.39, 0.29) is 35.2 Å². The van der Waals surface area contributed by atoms with Crippen LogP contribution in [0.25, 0.3) is 0 Å². The van der Waals surface area contributed by atoms with Crippen LogP contribution in [0.15, 0.2) is 35.4 Å². The molecule has 2 aliphatic heterocycles. The van der Waals surface area contributed by atoms with Gasteiger partial charge in [0.2, 0.25) is 5.91 Å². The summed E-state index contributed by atoms with van der Waals surface area (Å²) in [6.45, 7) is 3.95. The molecule has 1 atom stereocenters. The summed E-state index contributed by atoms with van der Waals surface area (Å²) >= 11 is 0. The highest BCUT2D eigenvalue weighted by molar-refractivity contribution is 7.91. The summed E-state index contributed by atoms with van der Waals surface area (Å²) < 4.78 is 32.1. The van der Waals surface area contributed by atoms with Crippen molar-refractivity contribution in [2.75, 3.05) is 38.6 Å². The van der Waals surface area contributed by atoms with E-state index in [0.29, 0.717) is 32.0 Å². The van der Waals surface area contributed by atoms with Crippen LogP contribution in [0.1, 0.15) is 34.5 Å². The Morgan fingerprint density at radius 1 is 1.16 bits per heavy atom. The topological polar surface area (TPSA) is 102 Å². The molecule has 1 aromatic heterocycles. The van der Waals surface area contributed by atoms with Gasteiger partial charge in [0.15, 0.2) is 9.84 Å². The molecule has 9 nitrogen and oxygen atoms in total. The average Bonchev–Trinajstić information content (AvgIpc) is 3.18. The van der Waals surface area contributed by atoms with Crippen LogP contribution in [0, 0.1) is 0 Å². The van der Waals surface area contributed by atoms with Gasteiger partial charge in [-0.3, -0.25) is 14.3 Å². The van der Waals surface area contributed by atoms with E-state index >= 15 is 0 Å². The summed E-state index contributed by atoms with van der Waals surface area (Å²) in [6.07, 6.45) is 1.81. The van der Waals surface area contributed by atoms with E-state index in [4.69, 9.17) is 4.74 Å². The van der Waals surface area contributed by atoms with Gasteiger partial charge in [-0.05, 0) is 12.1 Å². The first-order chi connectivity index (χ1) is 14.8. The zero-order chi connectivity index (χ0) is 22.2. The molecule has 0 spiro atoms. The first kappa shape index (κ1) is 21.5. The third-order valence-electron chi connectivity index (χ3n) is 5.77. The molecule has 0 bridgehead atoms. The van der Waals surface area contributed by atoms with Crippen molar-refractivity contribution >= 4 is 21.7 Å². The van der Waals surface area contributed by atoms with Gasteiger partial charge in [0.05, 0.1) is 35.1 Å². The van der Waals surface area contributed by atoms with Crippen LogP contribution >= 0.6 is 0 Å². The fraction of sp³-hybridized carbons (Fsp3) is 0.476. The lowest BCUT2D eigenvalue weighted by Crippen LogP contribution is -2.48. The monoisotopic (exact) mass is 446 g/mol. The Bertz CT molecular complexity index is 1100. The summed E-state index contributed by atoms with van der Waals surface area (Å²) in [6, 6.07) is 6.25. The SMILES string of the molecule is CCS(=O)(=O)c1ccccc1C(=O)N1Cc2cn(C)nc2[C@H](C(=O)N2CCOCC2)C1. The molecule has 10 heteroatoms. The maximum Gasteiger partial charge on any atom is 0.255 e. The number of hydrogen-bond acceptors (Lipinski definition) is 6. The number of morpholine rings is 1. The molecule has 1 saturated heterocycles. The van der Waals surface area contributed by atoms with Crippen LogP contribution in [0.3, 0.4) is 0 Å². The van der Waals surface area contributed by atoms with Crippen molar-refractivity contribution in [3.8, 4) is 0 Å². The number of ether oxygens (including phenoxy) is 1. The molecule has 4 rings (SSSR count). The summed E-state index contributed by atoms with van der Waals surface area (Å²) in [4.78, 5) is 30.0. The van der Waals surface area contributed by atoms with Crippen molar-refractivity contribution in [3.05, 3.63) is 47.3 Å². The molecular formula is C21H26N4O5S. The fourth-order valence-electron chi connectivity index (χ4n) is 4.14. The molecule has 1 aromatic carbocycles. The van der Waals surface area contributed by atoms with Crippen molar-refractivity contribution in [2.24, 2.45) is 7.05 Å². The van der Waals surface area contributed by atoms with E-state index in [0.717, 1.165) is 5.56 Å². The van der Waals surface area contributed by atoms with Gasteiger partial charge in [-0.15, -0.1) is 0 Å². The second kappa shape index (κ2) is 8.43. The lowest BCUT2D eigenvalue weighted by molar-refractivity contribution is -0.137. The van der Waals surface area contributed by atoms with Crippen LogP contribution in [-0.4, -0.2) is 78.4 Å². The molecular weight excluding hydrogens is 420 g/mol. The number of fused-ring (bicyclic) bond motifs is 1. The highest BCUT2D eigenvalue weighted by Crippen LogP contribution is 2.31. The predicted octanol–water partition coefficient (Wildman–Crippen LogP) is 0.812. The van der Waals surface area contributed by atoms with Crippen LogP contribution in [0.5, 0.6) is 0 Å². The number of carbonyl (C=O) groups excluding carboxylic acids is 2. The zero-order valence-electron chi connectivity index (χ0n) is 17.7. The maximum absolute atomic E-state index is 13.4. The van der Waals surface area contributed by atoms with E-state index in [2.05, 4.69) is 5.10 Å². The Morgan fingerprint density at radius 3 is 2.58 bits per heavy atom. The lowest BCUT2D eigenvalue weighted by Gasteiger charge is -2.35.